The number of allylic oxidation sites excluding steroid dienone is 1. The third-order valence-corrected chi connectivity index (χ3v) is 12.2. The highest BCUT2D eigenvalue weighted by Gasteiger charge is 2.78. The van der Waals surface area contributed by atoms with Crippen molar-refractivity contribution in [2.45, 2.75) is 66.9 Å². The molecular weight excluding hydrogens is 774 g/mol. The largest absolute Gasteiger partial charge is 0.455 e. The first-order chi connectivity index (χ1) is 27.1. The summed E-state index contributed by atoms with van der Waals surface area (Å²) < 4.78 is 13.2. The summed E-state index contributed by atoms with van der Waals surface area (Å²) in [4.78, 5) is 60.7. The number of halogens is 1. The van der Waals surface area contributed by atoms with Crippen LogP contribution in [0.1, 0.15) is 49.5 Å². The molecule has 4 aromatic rings. The second-order valence-corrected chi connectivity index (χ2v) is 15.9. The lowest BCUT2D eigenvalue weighted by atomic mass is 9.70. The summed E-state index contributed by atoms with van der Waals surface area (Å²) in [6.07, 6.45) is 2.59. The van der Waals surface area contributed by atoms with Gasteiger partial charge < -0.3 is 29.7 Å². The van der Waals surface area contributed by atoms with E-state index >= 15 is 9.59 Å². The Balaban J connectivity index is 1.29. The molecule has 3 fully saturated rings. The monoisotopic (exact) mass is 819 g/mol. The number of rotatable bonds is 15. The van der Waals surface area contributed by atoms with Crippen molar-refractivity contribution in [1.82, 2.24) is 10.2 Å². The van der Waals surface area contributed by atoms with Crippen molar-refractivity contribution in [3.8, 4) is 0 Å². The molecule has 4 aromatic carbocycles. The molecular formula is C45H46BrN3O7. The summed E-state index contributed by atoms with van der Waals surface area (Å²) in [6.45, 7) is 9.07. The number of hydrogen-bond acceptors (Lipinski definition) is 7. The van der Waals surface area contributed by atoms with Crippen molar-refractivity contribution >= 4 is 56.1 Å². The molecule has 9 atom stereocenters. The summed E-state index contributed by atoms with van der Waals surface area (Å²) >= 11 is 3.77. The molecule has 10 nitrogen and oxygen atoms in total. The van der Waals surface area contributed by atoms with Crippen LogP contribution in [0, 0.1) is 11.8 Å². The normalized spacial score (nSPS) is 25.2. The van der Waals surface area contributed by atoms with Crippen LogP contribution in [-0.4, -0.2) is 75.5 Å². The van der Waals surface area contributed by atoms with Crippen molar-refractivity contribution in [3.05, 3.63) is 140 Å². The number of esters is 1. The number of carbonyl (C=O) groups is 4. The number of likely N-dealkylation sites (tertiary alicyclic amines) is 1. The van der Waals surface area contributed by atoms with Gasteiger partial charge in [0.05, 0.1) is 36.6 Å². The number of fused-ring (bicyclic) bond motifs is 2. The Morgan fingerprint density at radius 1 is 0.982 bits per heavy atom. The van der Waals surface area contributed by atoms with E-state index in [2.05, 4.69) is 34.4 Å². The van der Waals surface area contributed by atoms with Crippen LogP contribution in [0.15, 0.2) is 128 Å². The van der Waals surface area contributed by atoms with Gasteiger partial charge in [-0.15, -0.1) is 13.2 Å². The maximum atomic E-state index is 15.4. The highest BCUT2D eigenvalue weighted by Crippen LogP contribution is 2.61. The molecule has 3 heterocycles. The smallest absolute Gasteiger partial charge is 0.313 e. The van der Waals surface area contributed by atoms with Gasteiger partial charge in [0, 0.05) is 23.5 Å². The third kappa shape index (κ3) is 7.08. The number of aliphatic hydroxyl groups is 1. The fourth-order valence-electron chi connectivity index (χ4n) is 8.87. The molecule has 0 radical (unpaired) electrons. The van der Waals surface area contributed by atoms with E-state index in [4.69, 9.17) is 9.47 Å². The lowest BCUT2D eigenvalue weighted by Crippen LogP contribution is -2.57. The highest BCUT2D eigenvalue weighted by atomic mass is 79.9. The average molecular weight is 821 g/mol. The van der Waals surface area contributed by atoms with Crippen LogP contribution in [0.3, 0.4) is 0 Å². The second-order valence-electron chi connectivity index (χ2n) is 14.7. The Bertz CT molecular complexity index is 2110. The van der Waals surface area contributed by atoms with E-state index in [9.17, 15) is 14.7 Å². The number of nitrogens with one attached hydrogen (secondary N) is 1. The molecule has 0 aliphatic carbocycles. The van der Waals surface area contributed by atoms with E-state index in [1.54, 1.807) is 36.1 Å². The Kier molecular flexibility index (Phi) is 11.6. The van der Waals surface area contributed by atoms with Gasteiger partial charge in [0.15, 0.2) is 0 Å². The summed E-state index contributed by atoms with van der Waals surface area (Å²) in [5.74, 6) is -3.99. The molecule has 56 heavy (non-hydrogen) atoms. The maximum absolute atomic E-state index is 15.4. The molecule has 3 aliphatic heterocycles. The Morgan fingerprint density at radius 3 is 2.30 bits per heavy atom. The minimum atomic E-state index is -1.44. The van der Waals surface area contributed by atoms with Crippen LogP contribution in [0.4, 0.5) is 5.69 Å². The zero-order valence-electron chi connectivity index (χ0n) is 31.2. The Morgan fingerprint density at radius 2 is 1.64 bits per heavy atom. The number of hydrogen-bond donors (Lipinski definition) is 2. The number of nitrogens with zero attached hydrogens (tertiary/aromatic N) is 2. The van der Waals surface area contributed by atoms with Gasteiger partial charge in [0.25, 0.3) is 5.91 Å². The summed E-state index contributed by atoms with van der Waals surface area (Å²) in [5, 5.41) is 15.9. The van der Waals surface area contributed by atoms with Crippen LogP contribution in [-0.2, 0) is 28.7 Å². The number of anilines is 1. The summed E-state index contributed by atoms with van der Waals surface area (Å²) in [6, 6.07) is 29.0. The van der Waals surface area contributed by atoms with Gasteiger partial charge in [0.2, 0.25) is 11.8 Å². The zero-order chi connectivity index (χ0) is 39.6. The molecule has 1 unspecified atom stereocenters. The molecule has 7 rings (SSSR count). The van der Waals surface area contributed by atoms with Gasteiger partial charge in [-0.1, -0.05) is 119 Å². The fourth-order valence-corrected chi connectivity index (χ4v) is 9.81. The number of aliphatic hydroxyl groups excluding tert-OH is 1. The Labute approximate surface area is 335 Å². The van der Waals surface area contributed by atoms with Gasteiger partial charge in [-0.3, -0.25) is 19.2 Å². The standard InChI is InChI=1S/C45H46BrN3O7/c1-4-6-21-36(51)47-28(3)39(31-18-11-8-12-19-31)55-44(54)37-38-42(52)49(35(27-50)30-16-9-7-10-17-30)41(45(38)26-34(46)40(37)56-45)43(53)48(24-5-2)33-23-22-29-15-13-14-20-32(29)25-33/h4-5,7-20,22-23,25,28,34-35,37-41,50H,1-2,6,21,24,26-27H2,3H3,(H,47,51)/t28-,34?,35-,37+,38-,39-,40+,41+,45-/m1/s1. The minimum Gasteiger partial charge on any atom is -0.455 e. The third-order valence-electron chi connectivity index (χ3n) is 11.3. The number of benzene rings is 4. The zero-order valence-corrected chi connectivity index (χ0v) is 32.8. The molecule has 3 aliphatic rings. The highest BCUT2D eigenvalue weighted by molar-refractivity contribution is 9.09. The number of amides is 3. The van der Waals surface area contributed by atoms with Gasteiger partial charge in [-0.2, -0.15) is 0 Å². The molecule has 290 valence electrons. The van der Waals surface area contributed by atoms with Crippen molar-refractivity contribution in [1.29, 1.82) is 0 Å². The first kappa shape index (κ1) is 39.1. The van der Waals surface area contributed by atoms with E-state index in [1.807, 2.05) is 91.0 Å². The van der Waals surface area contributed by atoms with E-state index in [0.717, 1.165) is 10.8 Å². The molecule has 3 amide bonds. The lowest BCUT2D eigenvalue weighted by molar-refractivity contribution is -0.162. The van der Waals surface area contributed by atoms with Gasteiger partial charge in [-0.05, 0) is 53.8 Å². The van der Waals surface area contributed by atoms with Crippen LogP contribution >= 0.6 is 15.9 Å². The molecule has 11 heteroatoms. The molecule has 2 bridgehead atoms. The minimum absolute atomic E-state index is 0.132. The van der Waals surface area contributed by atoms with Crippen LogP contribution in [0.2, 0.25) is 0 Å². The number of alkyl halides is 1. The first-order valence-corrected chi connectivity index (χ1v) is 19.9. The van der Waals surface area contributed by atoms with E-state index < -0.39 is 77.0 Å². The van der Waals surface area contributed by atoms with Crippen molar-refractivity contribution < 1.29 is 33.8 Å². The number of ether oxygens (including phenoxy) is 2. The average Bonchev–Trinajstić information content (AvgIpc) is 3.81. The van der Waals surface area contributed by atoms with Gasteiger partial charge >= 0.3 is 5.97 Å². The van der Waals surface area contributed by atoms with E-state index in [-0.39, 0.29) is 25.3 Å². The SMILES string of the molecule is C=CCCC(=O)N[C@H](C)[C@@H](OC(=O)[C@@H]1[C@H]2O[C@@]3(CC2Br)[C@H](C(=O)N(CC=C)c2ccc4ccccc4c2)N([C@H](CO)c2ccccc2)C(=O)[C@@H]13)c1ccccc1. The topological polar surface area (TPSA) is 125 Å². The first-order valence-electron chi connectivity index (χ1n) is 19.0. The van der Waals surface area contributed by atoms with Crippen molar-refractivity contribution in [2.75, 3.05) is 18.1 Å². The van der Waals surface area contributed by atoms with Gasteiger partial charge in [-0.25, -0.2) is 0 Å². The molecule has 2 N–H and O–H groups in total. The maximum Gasteiger partial charge on any atom is 0.313 e. The van der Waals surface area contributed by atoms with Gasteiger partial charge in [0.1, 0.15) is 17.7 Å². The Hall–Kier alpha value is -5.10. The molecule has 0 saturated carbocycles. The molecule has 0 aromatic heterocycles. The quantitative estimate of drug-likeness (QED) is 0.0788. The number of carbonyl (C=O) groups excluding carboxylic acids is 4. The summed E-state index contributed by atoms with van der Waals surface area (Å²) in [5.41, 5.74) is 0.462. The van der Waals surface area contributed by atoms with Crippen LogP contribution < -0.4 is 10.2 Å². The second kappa shape index (κ2) is 16.6. The molecule has 3 saturated heterocycles. The van der Waals surface area contributed by atoms with Crippen molar-refractivity contribution in [2.24, 2.45) is 11.8 Å². The lowest BCUT2D eigenvalue weighted by Gasteiger charge is -2.39. The predicted octanol–water partition coefficient (Wildman–Crippen LogP) is 6.60. The fraction of sp³-hybridized carbons (Fsp3) is 0.333. The van der Waals surface area contributed by atoms with Crippen molar-refractivity contribution in [3.63, 3.8) is 0 Å². The predicted molar refractivity (Wildman–Crippen MR) is 218 cm³/mol. The molecule has 1 spiro atoms. The van der Waals surface area contributed by atoms with Crippen LogP contribution in [0.25, 0.3) is 10.8 Å². The van der Waals surface area contributed by atoms with Crippen LogP contribution in [0.5, 0.6) is 0 Å². The van der Waals surface area contributed by atoms with E-state index in [0.29, 0.717) is 23.2 Å². The summed E-state index contributed by atoms with van der Waals surface area (Å²) in [7, 11) is 0. The van der Waals surface area contributed by atoms with E-state index in [1.165, 1.54) is 4.90 Å².